The Morgan fingerprint density at radius 2 is 2.00 bits per heavy atom. The second-order valence-corrected chi connectivity index (χ2v) is 5.95. The quantitative estimate of drug-likeness (QED) is 0.842. The first kappa shape index (κ1) is 12.2. The van der Waals surface area contributed by atoms with Gasteiger partial charge in [0, 0.05) is 0 Å². The zero-order chi connectivity index (χ0) is 11.7. The molecule has 1 aliphatic carbocycles. The Bertz CT molecular complexity index is 367. The van der Waals surface area contributed by atoms with Gasteiger partial charge in [-0.05, 0) is 55.2 Å². The lowest BCUT2D eigenvalue weighted by atomic mass is 9.84. The fraction of sp³-hybridized carbons (Fsp3) is 0.750. The van der Waals surface area contributed by atoms with Crippen LogP contribution < -0.4 is 5.73 Å². The van der Waals surface area contributed by atoms with Gasteiger partial charge in [0.1, 0.15) is 5.82 Å². The highest BCUT2D eigenvalue weighted by molar-refractivity contribution is 14.1. The molecule has 0 bridgehead atoms. The molecule has 1 heterocycles. The highest BCUT2D eigenvalue weighted by Gasteiger charge is 2.24. The lowest BCUT2D eigenvalue weighted by Crippen LogP contribution is -2.21. The number of anilines is 1. The Labute approximate surface area is 111 Å². The van der Waals surface area contributed by atoms with Crippen LogP contribution in [0.15, 0.2) is 0 Å². The Morgan fingerprint density at radius 3 is 2.50 bits per heavy atom. The highest BCUT2D eigenvalue weighted by Crippen LogP contribution is 2.34. The molecule has 0 saturated heterocycles. The van der Waals surface area contributed by atoms with Gasteiger partial charge in [0.25, 0.3) is 0 Å². The highest BCUT2D eigenvalue weighted by atomic mass is 127. The van der Waals surface area contributed by atoms with E-state index in [2.05, 4.69) is 34.6 Å². The molecule has 1 unspecified atom stereocenters. The van der Waals surface area contributed by atoms with E-state index >= 15 is 0 Å². The second-order valence-electron chi connectivity index (χ2n) is 4.87. The van der Waals surface area contributed by atoms with E-state index in [4.69, 9.17) is 5.73 Å². The maximum atomic E-state index is 6.10. The van der Waals surface area contributed by atoms with Gasteiger partial charge in [-0.2, -0.15) is 5.10 Å². The minimum absolute atomic E-state index is 0.447. The molecule has 0 aromatic carbocycles. The summed E-state index contributed by atoms with van der Waals surface area (Å²) < 4.78 is 3.15. The van der Waals surface area contributed by atoms with Crippen molar-refractivity contribution >= 4 is 28.4 Å². The van der Waals surface area contributed by atoms with Crippen LogP contribution in [0.2, 0.25) is 0 Å². The summed E-state index contributed by atoms with van der Waals surface area (Å²) in [6.45, 7) is 4.29. The Kier molecular flexibility index (Phi) is 3.77. The molecule has 1 aliphatic rings. The van der Waals surface area contributed by atoms with Gasteiger partial charge in [-0.25, -0.2) is 4.68 Å². The number of nitrogen functional groups attached to an aromatic ring is 1. The van der Waals surface area contributed by atoms with Crippen molar-refractivity contribution in [2.45, 2.75) is 52.0 Å². The van der Waals surface area contributed by atoms with Crippen molar-refractivity contribution in [2.24, 2.45) is 5.92 Å². The van der Waals surface area contributed by atoms with Crippen molar-refractivity contribution in [1.29, 1.82) is 0 Å². The molecule has 2 N–H and O–H groups in total. The third-order valence-electron chi connectivity index (χ3n) is 3.76. The smallest absolute Gasteiger partial charge is 0.135 e. The predicted molar refractivity (Wildman–Crippen MR) is 75.4 cm³/mol. The fourth-order valence-electron chi connectivity index (χ4n) is 2.67. The van der Waals surface area contributed by atoms with E-state index in [9.17, 15) is 0 Å². The van der Waals surface area contributed by atoms with Crippen LogP contribution in [0.1, 0.15) is 50.8 Å². The molecular formula is C12H20IN3. The van der Waals surface area contributed by atoms with Crippen LogP contribution in [-0.2, 0) is 0 Å². The van der Waals surface area contributed by atoms with Gasteiger partial charge in [0.15, 0.2) is 0 Å². The van der Waals surface area contributed by atoms with E-state index < -0.39 is 0 Å². The number of nitrogens with zero attached hydrogens (tertiary/aromatic N) is 2. The van der Waals surface area contributed by atoms with Crippen molar-refractivity contribution < 1.29 is 0 Å². The van der Waals surface area contributed by atoms with E-state index in [1.54, 1.807) is 0 Å². The molecule has 3 nitrogen and oxygen atoms in total. The summed E-state index contributed by atoms with van der Waals surface area (Å²) in [4.78, 5) is 0. The largest absolute Gasteiger partial charge is 0.383 e. The van der Waals surface area contributed by atoms with Crippen molar-refractivity contribution in [3.05, 3.63) is 9.26 Å². The fourth-order valence-corrected chi connectivity index (χ4v) is 3.03. The summed E-state index contributed by atoms with van der Waals surface area (Å²) in [5.41, 5.74) is 7.16. The van der Waals surface area contributed by atoms with Crippen molar-refractivity contribution in [3.63, 3.8) is 0 Å². The number of hydrogen-bond donors (Lipinski definition) is 1. The molecule has 2 rings (SSSR count). The molecule has 1 fully saturated rings. The number of nitrogens with two attached hydrogens (primary N) is 1. The molecule has 1 atom stereocenters. The average Bonchev–Trinajstić information content (AvgIpc) is 2.57. The van der Waals surface area contributed by atoms with Gasteiger partial charge in [0.2, 0.25) is 0 Å². The summed E-state index contributed by atoms with van der Waals surface area (Å²) in [6.07, 6.45) is 6.79. The molecule has 0 amide bonds. The molecule has 0 aliphatic heterocycles. The first-order valence-corrected chi connectivity index (χ1v) is 7.19. The lowest BCUT2D eigenvalue weighted by molar-refractivity contribution is 0.252. The van der Waals surface area contributed by atoms with Crippen LogP contribution >= 0.6 is 22.6 Å². The van der Waals surface area contributed by atoms with E-state index in [-0.39, 0.29) is 0 Å². The predicted octanol–water partition coefficient (Wildman–Crippen LogP) is 3.52. The Balaban J connectivity index is 2.19. The van der Waals surface area contributed by atoms with Crippen LogP contribution in [-0.4, -0.2) is 9.78 Å². The zero-order valence-corrected chi connectivity index (χ0v) is 12.2. The summed E-state index contributed by atoms with van der Waals surface area (Å²) in [7, 11) is 0. The molecule has 1 aromatic rings. The average molecular weight is 333 g/mol. The van der Waals surface area contributed by atoms with Crippen molar-refractivity contribution in [2.75, 3.05) is 5.73 Å². The van der Waals surface area contributed by atoms with Gasteiger partial charge < -0.3 is 5.73 Å². The minimum Gasteiger partial charge on any atom is -0.383 e. The number of aromatic nitrogens is 2. The maximum Gasteiger partial charge on any atom is 0.135 e. The third-order valence-corrected chi connectivity index (χ3v) is 5.10. The molecular weight excluding hydrogens is 313 g/mol. The van der Waals surface area contributed by atoms with Crippen LogP contribution in [0.3, 0.4) is 0 Å². The van der Waals surface area contributed by atoms with E-state index in [1.807, 2.05) is 11.6 Å². The molecule has 4 heteroatoms. The van der Waals surface area contributed by atoms with Crippen LogP contribution in [0.4, 0.5) is 5.82 Å². The SMILES string of the molecule is Cc1nn(C(C)C2CCCCC2)c(N)c1I. The van der Waals surface area contributed by atoms with Gasteiger partial charge >= 0.3 is 0 Å². The summed E-state index contributed by atoms with van der Waals surface area (Å²) >= 11 is 2.29. The van der Waals surface area contributed by atoms with Crippen LogP contribution in [0.5, 0.6) is 0 Å². The van der Waals surface area contributed by atoms with Crippen molar-refractivity contribution in [3.8, 4) is 0 Å². The molecule has 0 spiro atoms. The minimum atomic E-state index is 0.447. The van der Waals surface area contributed by atoms with Crippen molar-refractivity contribution in [1.82, 2.24) is 9.78 Å². The van der Waals surface area contributed by atoms with Crippen LogP contribution in [0, 0.1) is 16.4 Å². The monoisotopic (exact) mass is 333 g/mol. The van der Waals surface area contributed by atoms with E-state index in [0.717, 1.165) is 21.0 Å². The van der Waals surface area contributed by atoms with Gasteiger partial charge in [-0.1, -0.05) is 19.3 Å². The number of hydrogen-bond acceptors (Lipinski definition) is 2. The van der Waals surface area contributed by atoms with Gasteiger partial charge in [-0.15, -0.1) is 0 Å². The molecule has 16 heavy (non-hydrogen) atoms. The first-order valence-electron chi connectivity index (χ1n) is 6.11. The van der Waals surface area contributed by atoms with Gasteiger partial charge in [-0.3, -0.25) is 0 Å². The van der Waals surface area contributed by atoms with E-state index in [0.29, 0.717) is 6.04 Å². The molecule has 90 valence electrons. The number of aryl methyl sites for hydroxylation is 1. The Hall–Kier alpha value is -0.260. The third kappa shape index (κ3) is 2.21. The molecule has 1 saturated carbocycles. The standard InChI is InChI=1S/C12H20IN3/c1-8-11(13)12(14)16(15-8)9(2)10-6-4-3-5-7-10/h9-10H,3-7,14H2,1-2H3. The number of halogens is 1. The normalized spacial score (nSPS) is 19.9. The van der Waals surface area contributed by atoms with Gasteiger partial charge in [0.05, 0.1) is 15.3 Å². The summed E-state index contributed by atoms with van der Waals surface area (Å²) in [5, 5.41) is 4.57. The second kappa shape index (κ2) is 4.94. The van der Waals surface area contributed by atoms with E-state index in [1.165, 1.54) is 32.1 Å². The Morgan fingerprint density at radius 1 is 1.38 bits per heavy atom. The van der Waals surface area contributed by atoms with Crippen LogP contribution in [0.25, 0.3) is 0 Å². The molecule has 1 aromatic heterocycles. The summed E-state index contributed by atoms with van der Waals surface area (Å²) in [5.74, 6) is 1.60. The molecule has 0 radical (unpaired) electrons. The lowest BCUT2D eigenvalue weighted by Gasteiger charge is -2.28. The summed E-state index contributed by atoms with van der Waals surface area (Å²) in [6, 6.07) is 0.447. The zero-order valence-electron chi connectivity index (χ0n) is 10.0. The first-order chi connectivity index (χ1) is 7.61. The topological polar surface area (TPSA) is 43.8 Å². The number of rotatable bonds is 2. The maximum absolute atomic E-state index is 6.10.